The molecule has 0 amide bonds. The van der Waals surface area contributed by atoms with Crippen molar-refractivity contribution in [2.75, 3.05) is 31.8 Å². The normalized spacial score (nSPS) is 18.7. The topological polar surface area (TPSA) is 86.7 Å². The highest BCUT2D eigenvalue weighted by molar-refractivity contribution is 6.00. The molecular formula is C29H30N2O6. The van der Waals surface area contributed by atoms with E-state index < -0.39 is 11.7 Å². The lowest BCUT2D eigenvalue weighted by atomic mass is 9.77. The lowest BCUT2D eigenvalue weighted by Gasteiger charge is -2.45. The summed E-state index contributed by atoms with van der Waals surface area (Å²) in [4.78, 5) is 29.2. The molecular weight excluding hydrogens is 472 g/mol. The van der Waals surface area contributed by atoms with Gasteiger partial charge in [0.2, 0.25) is 5.72 Å². The second-order valence-electron chi connectivity index (χ2n) is 9.74. The van der Waals surface area contributed by atoms with Crippen molar-refractivity contribution in [2.45, 2.75) is 37.8 Å². The summed E-state index contributed by atoms with van der Waals surface area (Å²) < 4.78 is 22.2. The number of unbranched alkanes of at least 4 members (excludes halogenated alkanes) is 1. The fraction of sp³-hybridized carbons (Fsp3) is 0.345. The number of hydrogen-bond acceptors (Lipinski definition) is 8. The molecule has 0 aromatic heterocycles. The van der Waals surface area contributed by atoms with Crippen molar-refractivity contribution in [3.05, 3.63) is 60.2 Å². The average Bonchev–Trinajstić information content (AvgIpc) is 3.07. The molecule has 192 valence electrons. The van der Waals surface area contributed by atoms with Crippen molar-refractivity contribution in [1.82, 2.24) is 0 Å². The van der Waals surface area contributed by atoms with Gasteiger partial charge in [-0.3, -0.25) is 9.79 Å². The number of hydrogen-bond donors (Lipinski definition) is 0. The van der Waals surface area contributed by atoms with E-state index in [1.165, 1.54) is 5.56 Å². The van der Waals surface area contributed by atoms with Crippen LogP contribution < -0.4 is 14.4 Å². The second kappa shape index (κ2) is 9.76. The second-order valence-corrected chi connectivity index (χ2v) is 9.74. The van der Waals surface area contributed by atoms with Gasteiger partial charge in [-0.15, -0.1) is 0 Å². The van der Waals surface area contributed by atoms with Crippen molar-refractivity contribution >= 4 is 40.8 Å². The number of anilines is 1. The SMILES string of the molecule is CN1c2ccccc2C(C)(C)C12C=Nc1c(ccc3ccc(OCC(=O)OCCCCOC=O)cc13)O2. The number of fused-ring (bicyclic) bond motifs is 4. The van der Waals surface area contributed by atoms with Crippen molar-refractivity contribution in [1.29, 1.82) is 0 Å². The minimum atomic E-state index is -0.755. The number of para-hydroxylation sites is 1. The van der Waals surface area contributed by atoms with Crippen LogP contribution in [0.2, 0.25) is 0 Å². The minimum absolute atomic E-state index is 0.203. The Labute approximate surface area is 215 Å². The summed E-state index contributed by atoms with van der Waals surface area (Å²) in [5.74, 6) is 0.775. The van der Waals surface area contributed by atoms with Crippen LogP contribution in [-0.2, 0) is 24.5 Å². The summed E-state index contributed by atoms with van der Waals surface area (Å²) in [7, 11) is 2.04. The molecule has 5 rings (SSSR count). The summed E-state index contributed by atoms with van der Waals surface area (Å²) in [5, 5.41) is 1.87. The molecule has 1 atom stereocenters. The zero-order valence-corrected chi connectivity index (χ0v) is 21.2. The Balaban J connectivity index is 1.32. The van der Waals surface area contributed by atoms with Gasteiger partial charge in [-0.25, -0.2) is 4.79 Å². The van der Waals surface area contributed by atoms with E-state index in [2.05, 4.69) is 41.7 Å². The van der Waals surface area contributed by atoms with E-state index in [1.54, 1.807) is 0 Å². The van der Waals surface area contributed by atoms with Crippen LogP contribution in [-0.4, -0.2) is 51.2 Å². The first-order valence-corrected chi connectivity index (χ1v) is 12.4. The molecule has 0 aliphatic carbocycles. The van der Waals surface area contributed by atoms with E-state index >= 15 is 0 Å². The van der Waals surface area contributed by atoms with Gasteiger partial charge in [0.1, 0.15) is 17.2 Å². The lowest BCUT2D eigenvalue weighted by molar-refractivity contribution is -0.146. The first-order chi connectivity index (χ1) is 17.9. The molecule has 2 aliphatic heterocycles. The van der Waals surface area contributed by atoms with Crippen LogP contribution in [0.25, 0.3) is 10.8 Å². The molecule has 0 N–H and O–H groups in total. The number of benzene rings is 3. The van der Waals surface area contributed by atoms with Gasteiger partial charge in [0, 0.05) is 18.1 Å². The first-order valence-electron chi connectivity index (χ1n) is 12.4. The smallest absolute Gasteiger partial charge is 0.344 e. The molecule has 2 heterocycles. The molecule has 1 unspecified atom stereocenters. The Morgan fingerprint density at radius 1 is 1.08 bits per heavy atom. The van der Waals surface area contributed by atoms with E-state index in [1.807, 2.05) is 49.7 Å². The predicted molar refractivity (Wildman–Crippen MR) is 141 cm³/mol. The van der Waals surface area contributed by atoms with Gasteiger partial charge in [-0.05, 0) is 61.9 Å². The van der Waals surface area contributed by atoms with E-state index in [9.17, 15) is 9.59 Å². The zero-order chi connectivity index (χ0) is 26.0. The van der Waals surface area contributed by atoms with Crippen molar-refractivity contribution in [2.24, 2.45) is 4.99 Å². The molecule has 3 aromatic rings. The molecule has 0 saturated heterocycles. The largest absolute Gasteiger partial charge is 0.482 e. The maximum atomic E-state index is 12.0. The van der Waals surface area contributed by atoms with Crippen molar-refractivity contribution in [3.8, 4) is 11.5 Å². The van der Waals surface area contributed by atoms with Crippen LogP contribution in [0, 0.1) is 0 Å². The highest BCUT2D eigenvalue weighted by Crippen LogP contribution is 2.54. The Hall–Kier alpha value is -4.07. The maximum Gasteiger partial charge on any atom is 0.344 e. The summed E-state index contributed by atoms with van der Waals surface area (Å²) in [6.45, 7) is 5.12. The Bertz CT molecular complexity index is 1370. The molecule has 0 bridgehead atoms. The standard InChI is InChI=1S/C29H30N2O6/c1-28(2)23-8-4-5-9-24(23)31(3)29(28)18-30-27-22-16-21(12-10-20(22)11-13-25(27)37-29)36-17-26(33)35-15-7-6-14-34-19-32/h4-5,8-13,16,18-19H,6-7,14-15,17H2,1-3H3. The third-order valence-corrected chi connectivity index (χ3v) is 7.24. The summed E-state index contributed by atoms with van der Waals surface area (Å²) >= 11 is 0. The molecule has 37 heavy (non-hydrogen) atoms. The van der Waals surface area contributed by atoms with Crippen LogP contribution in [0.4, 0.5) is 11.4 Å². The van der Waals surface area contributed by atoms with Gasteiger partial charge < -0.3 is 23.8 Å². The fourth-order valence-corrected chi connectivity index (χ4v) is 5.15. The van der Waals surface area contributed by atoms with Crippen LogP contribution in [0.3, 0.4) is 0 Å². The predicted octanol–water partition coefficient (Wildman–Crippen LogP) is 4.93. The van der Waals surface area contributed by atoms with Gasteiger partial charge in [0.15, 0.2) is 6.61 Å². The molecule has 8 heteroatoms. The molecule has 0 fully saturated rings. The van der Waals surface area contributed by atoms with Crippen LogP contribution in [0.5, 0.6) is 11.5 Å². The number of aliphatic imine (C=N–C) groups is 1. The maximum absolute atomic E-state index is 12.0. The molecule has 3 aromatic carbocycles. The van der Waals surface area contributed by atoms with Crippen molar-refractivity contribution in [3.63, 3.8) is 0 Å². The first kappa shape index (κ1) is 24.6. The van der Waals surface area contributed by atoms with E-state index in [0.717, 1.165) is 22.1 Å². The van der Waals surface area contributed by atoms with Gasteiger partial charge >= 0.3 is 5.97 Å². The van der Waals surface area contributed by atoms with Gasteiger partial charge in [0.25, 0.3) is 6.47 Å². The number of carbonyl (C=O) groups is 2. The van der Waals surface area contributed by atoms with E-state index in [0.29, 0.717) is 37.4 Å². The minimum Gasteiger partial charge on any atom is -0.482 e. The fourth-order valence-electron chi connectivity index (χ4n) is 5.15. The van der Waals surface area contributed by atoms with Gasteiger partial charge in [-0.2, -0.15) is 0 Å². The number of rotatable bonds is 9. The lowest BCUT2D eigenvalue weighted by Crippen LogP contribution is -2.61. The quantitative estimate of drug-likeness (QED) is 0.233. The Kier molecular flexibility index (Phi) is 6.50. The number of esters is 1. The summed E-state index contributed by atoms with van der Waals surface area (Å²) in [6.07, 6.45) is 3.14. The van der Waals surface area contributed by atoms with Gasteiger partial charge in [0.05, 0.1) is 24.8 Å². The molecule has 1 spiro atoms. The number of carbonyl (C=O) groups excluding carboxylic acids is 2. The number of ether oxygens (including phenoxy) is 4. The Morgan fingerprint density at radius 3 is 2.68 bits per heavy atom. The molecule has 0 radical (unpaired) electrons. The van der Waals surface area contributed by atoms with Crippen LogP contribution >= 0.6 is 0 Å². The Morgan fingerprint density at radius 2 is 1.86 bits per heavy atom. The zero-order valence-electron chi connectivity index (χ0n) is 21.2. The summed E-state index contributed by atoms with van der Waals surface area (Å²) in [5.41, 5.74) is 1.98. The molecule has 2 aliphatic rings. The summed E-state index contributed by atoms with van der Waals surface area (Å²) in [6, 6.07) is 17.9. The van der Waals surface area contributed by atoms with Crippen molar-refractivity contribution < 1.29 is 28.5 Å². The van der Waals surface area contributed by atoms with E-state index in [4.69, 9.17) is 19.2 Å². The van der Waals surface area contributed by atoms with Crippen LogP contribution in [0.1, 0.15) is 32.3 Å². The van der Waals surface area contributed by atoms with E-state index in [-0.39, 0.29) is 18.6 Å². The third-order valence-electron chi connectivity index (χ3n) is 7.24. The third kappa shape index (κ3) is 4.26. The number of likely N-dealkylation sites (N-methyl/N-ethyl adjacent to an activating group) is 1. The highest BCUT2D eigenvalue weighted by atomic mass is 16.6. The highest BCUT2D eigenvalue weighted by Gasteiger charge is 2.58. The van der Waals surface area contributed by atoms with Gasteiger partial charge in [-0.1, -0.05) is 30.3 Å². The monoisotopic (exact) mass is 502 g/mol. The molecule has 8 nitrogen and oxygen atoms in total. The molecule has 0 saturated carbocycles. The van der Waals surface area contributed by atoms with Crippen LogP contribution in [0.15, 0.2) is 59.6 Å². The number of nitrogens with zero attached hydrogens (tertiary/aromatic N) is 2. The average molecular weight is 503 g/mol.